The van der Waals surface area contributed by atoms with E-state index in [2.05, 4.69) is 22.9 Å². The monoisotopic (exact) mass is 247 g/mol. The zero-order valence-electron chi connectivity index (χ0n) is 11.0. The van der Waals surface area contributed by atoms with Gasteiger partial charge >= 0.3 is 0 Å². The van der Waals surface area contributed by atoms with Gasteiger partial charge in [-0.2, -0.15) is 0 Å². The number of para-hydroxylation sites is 1. The standard InChI is InChI=1S/C14H21N3O/c1-3-5-10(2)17-14(18)11-6-4-7-12-13(11)16-9-8-15-12/h4,6-7,10,15-16H,3,5,8-9H2,1-2H3,(H,17,18). The minimum atomic E-state index is 0.00370. The fourth-order valence-electron chi connectivity index (χ4n) is 2.27. The molecule has 0 aliphatic carbocycles. The Labute approximate surface area is 108 Å². The van der Waals surface area contributed by atoms with Crippen molar-refractivity contribution in [3.05, 3.63) is 23.8 Å². The van der Waals surface area contributed by atoms with Crippen molar-refractivity contribution >= 4 is 17.3 Å². The van der Waals surface area contributed by atoms with Crippen LogP contribution in [0.5, 0.6) is 0 Å². The molecule has 1 unspecified atom stereocenters. The Balaban J connectivity index is 2.15. The van der Waals surface area contributed by atoms with E-state index in [1.165, 1.54) is 0 Å². The Morgan fingerprint density at radius 1 is 1.39 bits per heavy atom. The van der Waals surface area contributed by atoms with Gasteiger partial charge in [0.25, 0.3) is 5.91 Å². The lowest BCUT2D eigenvalue weighted by molar-refractivity contribution is 0.0939. The summed E-state index contributed by atoms with van der Waals surface area (Å²) < 4.78 is 0. The number of hydrogen-bond acceptors (Lipinski definition) is 3. The molecule has 1 aliphatic rings. The largest absolute Gasteiger partial charge is 0.382 e. The van der Waals surface area contributed by atoms with Crippen molar-refractivity contribution in [2.45, 2.75) is 32.7 Å². The van der Waals surface area contributed by atoms with Crippen LogP contribution >= 0.6 is 0 Å². The first-order valence-corrected chi connectivity index (χ1v) is 6.64. The van der Waals surface area contributed by atoms with Crippen molar-refractivity contribution in [2.75, 3.05) is 23.7 Å². The number of rotatable bonds is 4. The summed E-state index contributed by atoms with van der Waals surface area (Å²) in [6.07, 6.45) is 2.08. The van der Waals surface area contributed by atoms with Gasteiger partial charge in [-0.3, -0.25) is 4.79 Å². The molecule has 1 heterocycles. The fraction of sp³-hybridized carbons (Fsp3) is 0.500. The number of nitrogens with one attached hydrogen (secondary N) is 3. The fourth-order valence-corrected chi connectivity index (χ4v) is 2.27. The van der Waals surface area contributed by atoms with Crippen LogP contribution in [0, 0.1) is 0 Å². The van der Waals surface area contributed by atoms with Crippen molar-refractivity contribution < 1.29 is 4.79 Å². The molecule has 1 aromatic rings. The normalized spacial score (nSPS) is 15.0. The van der Waals surface area contributed by atoms with Crippen LogP contribution in [0.1, 0.15) is 37.0 Å². The topological polar surface area (TPSA) is 53.2 Å². The molecule has 0 aromatic heterocycles. The average molecular weight is 247 g/mol. The molecule has 0 radical (unpaired) electrons. The lowest BCUT2D eigenvalue weighted by Crippen LogP contribution is -2.33. The van der Waals surface area contributed by atoms with E-state index in [1.54, 1.807) is 0 Å². The van der Waals surface area contributed by atoms with Gasteiger partial charge in [0.1, 0.15) is 0 Å². The first-order valence-electron chi connectivity index (χ1n) is 6.64. The van der Waals surface area contributed by atoms with Crippen LogP contribution in [0.2, 0.25) is 0 Å². The van der Waals surface area contributed by atoms with Gasteiger partial charge in [-0.15, -0.1) is 0 Å². The Bertz CT molecular complexity index is 431. The maximum Gasteiger partial charge on any atom is 0.253 e. The van der Waals surface area contributed by atoms with E-state index in [0.29, 0.717) is 0 Å². The first kappa shape index (κ1) is 12.7. The van der Waals surface area contributed by atoms with E-state index < -0.39 is 0 Å². The zero-order valence-corrected chi connectivity index (χ0v) is 11.0. The van der Waals surface area contributed by atoms with Crippen LogP contribution in [-0.4, -0.2) is 25.0 Å². The molecule has 3 N–H and O–H groups in total. The molecule has 0 spiro atoms. The number of benzene rings is 1. The van der Waals surface area contributed by atoms with Gasteiger partial charge in [-0.25, -0.2) is 0 Å². The van der Waals surface area contributed by atoms with E-state index in [1.807, 2.05) is 25.1 Å². The summed E-state index contributed by atoms with van der Waals surface area (Å²) in [5, 5.41) is 9.63. The van der Waals surface area contributed by atoms with Crippen LogP contribution in [0.25, 0.3) is 0 Å². The highest BCUT2D eigenvalue weighted by Crippen LogP contribution is 2.28. The molecule has 0 saturated heterocycles. The van der Waals surface area contributed by atoms with E-state index in [4.69, 9.17) is 0 Å². The lowest BCUT2D eigenvalue weighted by Gasteiger charge is -2.23. The maximum absolute atomic E-state index is 12.2. The van der Waals surface area contributed by atoms with Crippen molar-refractivity contribution in [1.29, 1.82) is 0 Å². The number of hydrogen-bond donors (Lipinski definition) is 3. The van der Waals surface area contributed by atoms with Gasteiger partial charge in [0.2, 0.25) is 0 Å². The molecule has 1 atom stereocenters. The van der Waals surface area contributed by atoms with Gasteiger partial charge in [-0.05, 0) is 25.5 Å². The van der Waals surface area contributed by atoms with E-state index in [0.717, 1.165) is 42.9 Å². The predicted octanol–water partition coefficient (Wildman–Crippen LogP) is 2.44. The Hall–Kier alpha value is -1.71. The smallest absolute Gasteiger partial charge is 0.253 e. The molecule has 2 rings (SSSR count). The highest BCUT2D eigenvalue weighted by atomic mass is 16.1. The van der Waals surface area contributed by atoms with Gasteiger partial charge in [0.15, 0.2) is 0 Å². The summed E-state index contributed by atoms with van der Waals surface area (Å²) in [4.78, 5) is 12.2. The second-order valence-corrected chi connectivity index (χ2v) is 4.74. The van der Waals surface area contributed by atoms with Crippen molar-refractivity contribution in [3.63, 3.8) is 0 Å². The molecule has 0 fully saturated rings. The molecule has 1 aromatic carbocycles. The minimum Gasteiger partial charge on any atom is -0.382 e. The van der Waals surface area contributed by atoms with Crippen LogP contribution in [-0.2, 0) is 0 Å². The second-order valence-electron chi connectivity index (χ2n) is 4.74. The molecule has 18 heavy (non-hydrogen) atoms. The van der Waals surface area contributed by atoms with Crippen LogP contribution in [0.3, 0.4) is 0 Å². The van der Waals surface area contributed by atoms with Crippen molar-refractivity contribution in [1.82, 2.24) is 5.32 Å². The summed E-state index contributed by atoms with van der Waals surface area (Å²) in [5.41, 5.74) is 2.66. The number of carbonyl (C=O) groups excluding carboxylic acids is 1. The zero-order chi connectivity index (χ0) is 13.0. The van der Waals surface area contributed by atoms with Gasteiger partial charge < -0.3 is 16.0 Å². The Morgan fingerprint density at radius 2 is 2.17 bits per heavy atom. The quantitative estimate of drug-likeness (QED) is 0.766. The first-order chi connectivity index (χ1) is 8.72. The molecule has 0 saturated carbocycles. The third-order valence-electron chi connectivity index (χ3n) is 3.15. The van der Waals surface area contributed by atoms with Gasteiger partial charge in [0.05, 0.1) is 16.9 Å². The summed E-state index contributed by atoms with van der Waals surface area (Å²) in [5.74, 6) is 0.00370. The highest BCUT2D eigenvalue weighted by Gasteiger charge is 2.17. The van der Waals surface area contributed by atoms with Crippen LogP contribution in [0.15, 0.2) is 18.2 Å². The Kier molecular flexibility index (Phi) is 4.07. The SMILES string of the molecule is CCCC(C)NC(=O)c1cccc2c1NCCN2. The minimum absolute atomic E-state index is 0.00370. The maximum atomic E-state index is 12.2. The number of carbonyl (C=O) groups is 1. The molecule has 4 heteroatoms. The molecule has 4 nitrogen and oxygen atoms in total. The molecule has 1 amide bonds. The van der Waals surface area contributed by atoms with Gasteiger partial charge in [0, 0.05) is 19.1 Å². The molecular formula is C14H21N3O. The molecule has 1 aliphatic heterocycles. The molecule has 0 bridgehead atoms. The Morgan fingerprint density at radius 3 is 2.94 bits per heavy atom. The van der Waals surface area contributed by atoms with E-state index in [9.17, 15) is 4.79 Å². The number of anilines is 2. The molecule has 98 valence electrons. The average Bonchev–Trinajstić information content (AvgIpc) is 2.38. The summed E-state index contributed by atoms with van der Waals surface area (Å²) >= 11 is 0. The second kappa shape index (κ2) is 5.76. The van der Waals surface area contributed by atoms with Crippen molar-refractivity contribution in [2.24, 2.45) is 0 Å². The number of amides is 1. The number of fused-ring (bicyclic) bond motifs is 1. The highest BCUT2D eigenvalue weighted by molar-refractivity contribution is 6.02. The third kappa shape index (κ3) is 2.75. The van der Waals surface area contributed by atoms with Crippen molar-refractivity contribution in [3.8, 4) is 0 Å². The van der Waals surface area contributed by atoms with Gasteiger partial charge in [-0.1, -0.05) is 19.4 Å². The third-order valence-corrected chi connectivity index (χ3v) is 3.15. The van der Waals surface area contributed by atoms with Crippen LogP contribution in [0.4, 0.5) is 11.4 Å². The summed E-state index contributed by atoms with van der Waals surface area (Å²) in [6, 6.07) is 5.99. The van der Waals surface area contributed by atoms with Crippen LogP contribution < -0.4 is 16.0 Å². The summed E-state index contributed by atoms with van der Waals surface area (Å²) in [7, 11) is 0. The van der Waals surface area contributed by atoms with E-state index >= 15 is 0 Å². The predicted molar refractivity (Wildman–Crippen MR) is 75.3 cm³/mol. The lowest BCUT2D eigenvalue weighted by atomic mass is 10.1. The summed E-state index contributed by atoms with van der Waals surface area (Å²) in [6.45, 7) is 5.91. The molecular weight excluding hydrogens is 226 g/mol. The van der Waals surface area contributed by atoms with E-state index in [-0.39, 0.29) is 11.9 Å².